The average Bonchev–Trinajstić information content (AvgIpc) is 2.93. The molecule has 9 heteroatoms. The molecule has 3 aromatic carbocycles. The van der Waals surface area contributed by atoms with Gasteiger partial charge in [0.1, 0.15) is 18.2 Å². The maximum atomic E-state index is 11.1. The minimum absolute atomic E-state index is 0.185. The van der Waals surface area contributed by atoms with E-state index >= 15 is 0 Å². The van der Waals surface area contributed by atoms with E-state index in [1.54, 1.807) is 0 Å². The van der Waals surface area contributed by atoms with Crippen molar-refractivity contribution in [2.75, 3.05) is 6.61 Å². The number of ether oxygens (including phenoxy) is 2. The number of aliphatic hydroxyl groups is 2. The second-order valence-electron chi connectivity index (χ2n) is 10.5. The summed E-state index contributed by atoms with van der Waals surface area (Å²) in [4.78, 5) is 3.06. The standard InChI is InChI=1S/C29H35N3O5Si/c1-29(2,3)38(22-15-9-5-10-16-22,23-17-11-6-12-18-23)37-28-25(31-32-30)27(26(34)24(19-33)36-28)35-20-21-13-7-4-8-14-21/h4-18,24-28,33-34H,19-20H2,1-3H3/t24-,25-,26+,27-,28+/m1/s1. The Kier molecular flexibility index (Phi) is 9.01. The molecule has 1 saturated heterocycles. The van der Waals surface area contributed by atoms with E-state index in [9.17, 15) is 15.7 Å². The molecule has 1 fully saturated rings. The molecule has 0 radical (unpaired) electrons. The lowest BCUT2D eigenvalue weighted by atomic mass is 9.97. The minimum atomic E-state index is -3.12. The van der Waals surface area contributed by atoms with Crippen LogP contribution in [0.15, 0.2) is 96.1 Å². The van der Waals surface area contributed by atoms with E-state index in [4.69, 9.17) is 13.9 Å². The highest BCUT2D eigenvalue weighted by Gasteiger charge is 2.55. The first-order valence-corrected chi connectivity index (χ1v) is 14.7. The molecule has 38 heavy (non-hydrogen) atoms. The third-order valence-corrected chi connectivity index (χ3v) is 12.0. The van der Waals surface area contributed by atoms with Gasteiger partial charge < -0.3 is 24.1 Å². The summed E-state index contributed by atoms with van der Waals surface area (Å²) in [6.07, 6.45) is -4.24. The van der Waals surface area contributed by atoms with Gasteiger partial charge in [-0.1, -0.05) is 117 Å². The van der Waals surface area contributed by atoms with Crippen molar-refractivity contribution < 1.29 is 24.1 Å². The fraction of sp³-hybridized carbons (Fsp3) is 0.379. The van der Waals surface area contributed by atoms with Crippen LogP contribution in [0.1, 0.15) is 26.3 Å². The molecule has 3 aromatic rings. The molecule has 0 saturated carbocycles. The molecule has 5 atom stereocenters. The van der Waals surface area contributed by atoms with Gasteiger partial charge in [-0.05, 0) is 26.5 Å². The van der Waals surface area contributed by atoms with E-state index in [-0.39, 0.29) is 11.6 Å². The molecular weight excluding hydrogens is 498 g/mol. The van der Waals surface area contributed by atoms with Crippen LogP contribution in [0, 0.1) is 0 Å². The van der Waals surface area contributed by atoms with Gasteiger partial charge >= 0.3 is 0 Å². The van der Waals surface area contributed by atoms with Crippen LogP contribution in [0.25, 0.3) is 10.4 Å². The van der Waals surface area contributed by atoms with Crippen molar-refractivity contribution in [3.05, 3.63) is 107 Å². The van der Waals surface area contributed by atoms with E-state index in [0.29, 0.717) is 0 Å². The number of nitrogens with zero attached hydrogens (tertiary/aromatic N) is 3. The zero-order valence-corrected chi connectivity index (χ0v) is 22.9. The molecule has 200 valence electrons. The van der Waals surface area contributed by atoms with Gasteiger partial charge in [0.15, 0.2) is 6.29 Å². The Morgan fingerprint density at radius 2 is 1.45 bits per heavy atom. The Labute approximate surface area is 224 Å². The molecule has 0 bridgehead atoms. The molecular formula is C29H35N3O5Si. The summed E-state index contributed by atoms with van der Waals surface area (Å²) in [6.45, 7) is 6.13. The molecule has 0 unspecified atom stereocenters. The van der Waals surface area contributed by atoms with Crippen molar-refractivity contribution in [2.24, 2.45) is 5.11 Å². The van der Waals surface area contributed by atoms with Gasteiger partial charge in [0.25, 0.3) is 8.32 Å². The average molecular weight is 534 g/mol. The molecule has 4 rings (SSSR count). The first kappa shape index (κ1) is 28.0. The Morgan fingerprint density at radius 1 is 0.921 bits per heavy atom. The second-order valence-corrected chi connectivity index (χ2v) is 14.7. The SMILES string of the molecule is CC(C)(C)[Si](O[C@@H]1O[C@H](CO)[C@H](O)[C@H](OCc2ccccc2)[C@H]1N=[N+]=[N-])(c1ccccc1)c1ccccc1. The molecule has 2 N–H and O–H groups in total. The number of hydrogen-bond donors (Lipinski definition) is 2. The quantitative estimate of drug-likeness (QED) is 0.187. The van der Waals surface area contributed by atoms with Gasteiger partial charge in [0, 0.05) is 4.91 Å². The monoisotopic (exact) mass is 533 g/mol. The van der Waals surface area contributed by atoms with Crippen LogP contribution in [0.3, 0.4) is 0 Å². The maximum absolute atomic E-state index is 11.1. The van der Waals surface area contributed by atoms with Crippen molar-refractivity contribution in [3.63, 3.8) is 0 Å². The van der Waals surface area contributed by atoms with Gasteiger partial charge in [-0.15, -0.1) is 0 Å². The number of rotatable bonds is 9. The van der Waals surface area contributed by atoms with Crippen molar-refractivity contribution in [3.8, 4) is 0 Å². The number of aliphatic hydroxyl groups excluding tert-OH is 2. The molecule has 0 amide bonds. The van der Waals surface area contributed by atoms with Crippen molar-refractivity contribution in [1.29, 1.82) is 0 Å². The highest BCUT2D eigenvalue weighted by Crippen LogP contribution is 2.40. The van der Waals surface area contributed by atoms with Crippen molar-refractivity contribution in [1.82, 2.24) is 0 Å². The van der Waals surface area contributed by atoms with Crippen LogP contribution in [0.2, 0.25) is 5.04 Å². The number of azide groups is 1. The lowest BCUT2D eigenvalue weighted by molar-refractivity contribution is -0.252. The molecule has 1 heterocycles. The summed E-state index contributed by atoms with van der Waals surface area (Å²) in [7, 11) is -3.12. The summed E-state index contributed by atoms with van der Waals surface area (Å²) in [6, 6.07) is 28.6. The fourth-order valence-electron chi connectivity index (χ4n) is 5.16. The Morgan fingerprint density at radius 3 is 1.92 bits per heavy atom. The summed E-state index contributed by atoms with van der Waals surface area (Å²) < 4.78 is 19.4. The van der Waals surface area contributed by atoms with Crippen LogP contribution in [0.4, 0.5) is 0 Å². The molecule has 1 aliphatic heterocycles. The van der Waals surface area contributed by atoms with Crippen molar-refractivity contribution in [2.45, 2.75) is 63.1 Å². The number of hydrogen-bond acceptors (Lipinski definition) is 6. The second kappa shape index (κ2) is 12.2. The highest BCUT2D eigenvalue weighted by molar-refractivity contribution is 6.99. The lowest BCUT2D eigenvalue weighted by Crippen LogP contribution is -2.71. The fourth-order valence-corrected chi connectivity index (χ4v) is 9.72. The molecule has 8 nitrogen and oxygen atoms in total. The molecule has 0 aliphatic carbocycles. The summed E-state index contributed by atoms with van der Waals surface area (Å²) in [5.74, 6) is 0. The third kappa shape index (κ3) is 5.69. The van der Waals surface area contributed by atoms with E-state index in [1.165, 1.54) is 0 Å². The zero-order valence-electron chi connectivity index (χ0n) is 21.9. The third-order valence-electron chi connectivity index (χ3n) is 7.00. The van der Waals surface area contributed by atoms with Crippen LogP contribution in [-0.4, -0.2) is 55.8 Å². The van der Waals surface area contributed by atoms with Gasteiger partial charge in [0.05, 0.1) is 19.3 Å². The Bertz CT molecular complexity index is 1160. The summed E-state index contributed by atoms with van der Waals surface area (Å²) in [5.41, 5.74) is 10.4. The highest BCUT2D eigenvalue weighted by atomic mass is 28.4. The van der Waals surface area contributed by atoms with Crippen molar-refractivity contribution >= 4 is 18.7 Å². The summed E-state index contributed by atoms with van der Waals surface area (Å²) >= 11 is 0. The number of benzene rings is 3. The van der Waals surface area contributed by atoms with Crippen LogP contribution >= 0.6 is 0 Å². The van der Waals surface area contributed by atoms with E-state index in [0.717, 1.165) is 15.9 Å². The molecule has 0 aromatic heterocycles. The smallest absolute Gasteiger partial charge is 0.264 e. The molecule has 1 aliphatic rings. The molecule has 0 spiro atoms. The van der Waals surface area contributed by atoms with E-state index in [1.807, 2.05) is 66.7 Å². The minimum Gasteiger partial charge on any atom is -0.394 e. The van der Waals surface area contributed by atoms with Gasteiger partial charge in [-0.2, -0.15) is 0 Å². The lowest BCUT2D eigenvalue weighted by Gasteiger charge is -2.49. The van der Waals surface area contributed by atoms with Gasteiger partial charge in [-0.25, -0.2) is 0 Å². The maximum Gasteiger partial charge on any atom is 0.264 e. The van der Waals surface area contributed by atoms with Gasteiger partial charge in [0.2, 0.25) is 0 Å². The Balaban J connectivity index is 1.79. The first-order chi connectivity index (χ1) is 18.3. The predicted molar refractivity (Wildman–Crippen MR) is 148 cm³/mol. The zero-order chi connectivity index (χ0) is 27.2. The normalized spacial score (nSPS) is 24.0. The van der Waals surface area contributed by atoms with Crippen LogP contribution in [0.5, 0.6) is 0 Å². The topological polar surface area (TPSA) is 117 Å². The largest absolute Gasteiger partial charge is 0.394 e. The van der Waals surface area contributed by atoms with Crippen LogP contribution in [-0.2, 0) is 20.5 Å². The van der Waals surface area contributed by atoms with E-state index in [2.05, 4.69) is 55.1 Å². The first-order valence-electron chi connectivity index (χ1n) is 12.7. The summed E-state index contributed by atoms with van der Waals surface area (Å²) in [5, 5.41) is 26.9. The Hall–Kier alpha value is -3.01. The van der Waals surface area contributed by atoms with Gasteiger partial charge in [-0.3, -0.25) is 0 Å². The van der Waals surface area contributed by atoms with Crippen LogP contribution < -0.4 is 10.4 Å². The van der Waals surface area contributed by atoms with E-state index < -0.39 is 45.6 Å². The predicted octanol–water partition coefficient (Wildman–Crippen LogP) is 3.91.